The van der Waals surface area contributed by atoms with Crippen molar-refractivity contribution in [2.45, 2.75) is 20.3 Å². The van der Waals surface area contributed by atoms with Crippen molar-refractivity contribution in [3.05, 3.63) is 59.7 Å². The molecule has 0 saturated heterocycles. The Morgan fingerprint density at radius 1 is 1.09 bits per heavy atom. The molecule has 5 heteroatoms. The molecule has 4 nitrogen and oxygen atoms in total. The lowest BCUT2D eigenvalue weighted by molar-refractivity contribution is 0.266. The molecule has 120 valence electrons. The molecule has 0 bridgehead atoms. The van der Waals surface area contributed by atoms with Crippen molar-refractivity contribution in [2.24, 2.45) is 5.73 Å². The van der Waals surface area contributed by atoms with Gasteiger partial charge in [-0.2, -0.15) is 4.41 Å². The molecule has 3 rings (SSSR count). The van der Waals surface area contributed by atoms with Gasteiger partial charge in [-0.05, 0) is 59.6 Å². The van der Waals surface area contributed by atoms with E-state index in [-0.39, 0.29) is 5.24 Å². The van der Waals surface area contributed by atoms with Gasteiger partial charge in [-0.15, -0.1) is 0 Å². The summed E-state index contributed by atoms with van der Waals surface area (Å²) in [5, 5.41) is 3.89. The normalized spacial score (nSPS) is 17.7. The summed E-state index contributed by atoms with van der Waals surface area (Å²) in [7, 11) is -0.691. The number of hydrazine groups is 1. The molecule has 0 spiro atoms. The lowest BCUT2D eigenvalue weighted by Gasteiger charge is -2.36. The number of hydrogen-bond acceptors (Lipinski definition) is 3. The van der Waals surface area contributed by atoms with Crippen LogP contribution in [0.3, 0.4) is 0 Å². The first-order valence-electron chi connectivity index (χ1n) is 7.64. The Kier molecular flexibility index (Phi) is 4.50. The largest absolute Gasteiger partial charge is 0.360 e. The van der Waals surface area contributed by atoms with E-state index in [4.69, 9.17) is 5.73 Å². The Bertz CT molecular complexity index is 738. The summed E-state index contributed by atoms with van der Waals surface area (Å²) in [6, 6.07) is 16.4. The van der Waals surface area contributed by atoms with Crippen LogP contribution in [0.2, 0.25) is 0 Å². The van der Waals surface area contributed by atoms with Crippen molar-refractivity contribution in [1.82, 2.24) is 4.41 Å². The van der Waals surface area contributed by atoms with Crippen molar-refractivity contribution in [3.63, 3.8) is 0 Å². The van der Waals surface area contributed by atoms with Crippen molar-refractivity contribution in [1.29, 1.82) is 0 Å². The van der Waals surface area contributed by atoms with Crippen LogP contribution in [-0.2, 0) is 0 Å². The number of aryl methyl sites for hydroxylation is 2. The Morgan fingerprint density at radius 2 is 1.74 bits per heavy atom. The van der Waals surface area contributed by atoms with Crippen molar-refractivity contribution in [3.8, 4) is 0 Å². The van der Waals surface area contributed by atoms with Gasteiger partial charge in [0.2, 0.25) is 0 Å². The van der Waals surface area contributed by atoms with Gasteiger partial charge in [0.25, 0.3) is 5.24 Å². The van der Waals surface area contributed by atoms with Crippen LogP contribution in [0, 0.1) is 13.8 Å². The summed E-state index contributed by atoms with van der Waals surface area (Å²) in [5.41, 5.74) is 10.1. The maximum absolute atomic E-state index is 11.9. The van der Waals surface area contributed by atoms with Crippen LogP contribution < -0.4 is 10.7 Å². The summed E-state index contributed by atoms with van der Waals surface area (Å²) < 4.78 is 2.09. The molecule has 2 N–H and O–H groups in total. The van der Waals surface area contributed by atoms with E-state index in [1.165, 1.54) is 11.1 Å². The van der Waals surface area contributed by atoms with E-state index in [0.717, 1.165) is 24.3 Å². The average Bonchev–Trinajstić information content (AvgIpc) is 3.01. The van der Waals surface area contributed by atoms with Gasteiger partial charge in [-0.25, -0.2) is 0 Å². The highest BCUT2D eigenvalue weighted by Crippen LogP contribution is 2.39. The summed E-state index contributed by atoms with van der Waals surface area (Å²) in [6.07, 6.45) is 0.861. The van der Waals surface area contributed by atoms with Crippen LogP contribution in [0.1, 0.15) is 17.5 Å². The highest BCUT2D eigenvalue weighted by atomic mass is 32.2. The number of nitrogens with zero attached hydrogens (tertiary/aromatic N) is 2. The van der Waals surface area contributed by atoms with Crippen LogP contribution >= 0.6 is 10.7 Å². The van der Waals surface area contributed by atoms with Crippen molar-refractivity contribution in [2.75, 3.05) is 11.6 Å². The van der Waals surface area contributed by atoms with Crippen LogP contribution in [-0.4, -0.2) is 21.6 Å². The summed E-state index contributed by atoms with van der Waals surface area (Å²) in [5.74, 6) is 0. The van der Waals surface area contributed by atoms with Crippen LogP contribution in [0.15, 0.2) is 48.5 Å². The number of carbonyl (C=O) groups excluding carboxylic acids is 1. The van der Waals surface area contributed by atoms with Gasteiger partial charge in [-0.1, -0.05) is 36.4 Å². The standard InChI is InChI=1S/C18H21N3OS/c1-14-8-6-9-15(2)17(14)21(16-10-4-3-5-11-16)20-12-7-13-23(20)18(19)22/h3-6,8-11,13H,7,12H2,1-2H3,(H2,19,22). The molecule has 1 atom stereocenters. The summed E-state index contributed by atoms with van der Waals surface area (Å²) >= 11 is 0. The number of nitrogens with two attached hydrogens (primary N) is 1. The molecule has 2 aromatic rings. The molecule has 0 fully saturated rings. The molecule has 0 saturated carbocycles. The zero-order valence-corrected chi connectivity index (χ0v) is 14.2. The second kappa shape index (κ2) is 6.56. The van der Waals surface area contributed by atoms with Crippen molar-refractivity contribution >= 4 is 32.7 Å². The monoisotopic (exact) mass is 327 g/mol. The minimum Gasteiger partial charge on any atom is -0.360 e. The number of para-hydroxylation sites is 2. The van der Waals surface area contributed by atoms with Gasteiger partial charge in [0.1, 0.15) is 0 Å². The lowest BCUT2D eigenvalue weighted by Crippen LogP contribution is -2.37. The Hall–Kier alpha value is -2.11. The molecule has 1 amide bonds. The predicted molar refractivity (Wildman–Crippen MR) is 99.1 cm³/mol. The number of rotatable bonds is 3. The second-order valence-electron chi connectivity index (χ2n) is 5.55. The van der Waals surface area contributed by atoms with Gasteiger partial charge >= 0.3 is 0 Å². The number of primary amides is 1. The molecule has 23 heavy (non-hydrogen) atoms. The van der Waals surface area contributed by atoms with E-state index < -0.39 is 10.7 Å². The second-order valence-corrected chi connectivity index (χ2v) is 7.34. The first-order valence-corrected chi connectivity index (χ1v) is 8.89. The van der Waals surface area contributed by atoms with Gasteiger partial charge < -0.3 is 5.73 Å². The topological polar surface area (TPSA) is 49.6 Å². The number of benzene rings is 2. The van der Waals surface area contributed by atoms with Crippen molar-refractivity contribution < 1.29 is 4.79 Å². The molecule has 0 aromatic heterocycles. The fraction of sp³-hybridized carbons (Fsp3) is 0.222. The smallest absolute Gasteiger partial charge is 0.286 e. The molecule has 0 radical (unpaired) electrons. The summed E-state index contributed by atoms with van der Waals surface area (Å²) in [4.78, 5) is 11.9. The maximum atomic E-state index is 11.9. The van der Waals surface area contributed by atoms with E-state index in [1.807, 2.05) is 23.6 Å². The Labute approximate surface area is 139 Å². The van der Waals surface area contributed by atoms with Crippen LogP contribution in [0.5, 0.6) is 0 Å². The Balaban J connectivity index is 2.16. The van der Waals surface area contributed by atoms with Gasteiger partial charge in [-0.3, -0.25) is 9.80 Å². The maximum Gasteiger partial charge on any atom is 0.286 e. The van der Waals surface area contributed by atoms with E-state index >= 15 is 0 Å². The number of anilines is 2. The SMILES string of the molecule is Cc1cccc(C)c1N(c1ccccc1)N1CCC=S1C(N)=O. The summed E-state index contributed by atoms with van der Waals surface area (Å²) in [6.45, 7) is 4.98. The number of carbonyl (C=O) groups is 1. The van der Waals surface area contributed by atoms with Gasteiger partial charge in [0, 0.05) is 6.54 Å². The highest BCUT2D eigenvalue weighted by Gasteiger charge is 2.28. The predicted octanol–water partition coefficient (Wildman–Crippen LogP) is 4.13. The number of amides is 1. The van der Waals surface area contributed by atoms with Crippen LogP contribution in [0.25, 0.3) is 0 Å². The molecule has 0 aliphatic carbocycles. The third-order valence-electron chi connectivity index (χ3n) is 3.90. The zero-order chi connectivity index (χ0) is 16.4. The quantitative estimate of drug-likeness (QED) is 0.863. The van der Waals surface area contributed by atoms with Gasteiger partial charge in [0.15, 0.2) is 0 Å². The first kappa shape index (κ1) is 15.8. The minimum absolute atomic E-state index is 0.283. The number of hydrogen-bond donors (Lipinski definition) is 1. The third-order valence-corrected chi connectivity index (χ3v) is 5.67. The lowest BCUT2D eigenvalue weighted by atomic mass is 10.1. The zero-order valence-electron chi connectivity index (χ0n) is 13.4. The fourth-order valence-electron chi connectivity index (χ4n) is 2.91. The molecule has 1 unspecified atom stereocenters. The molecular formula is C18H21N3OS. The van der Waals surface area contributed by atoms with E-state index in [0.29, 0.717) is 0 Å². The van der Waals surface area contributed by atoms with E-state index in [1.54, 1.807) is 0 Å². The molecule has 1 aliphatic heterocycles. The van der Waals surface area contributed by atoms with E-state index in [2.05, 4.69) is 53.6 Å². The van der Waals surface area contributed by atoms with Gasteiger partial charge in [0.05, 0.1) is 11.4 Å². The molecule has 1 heterocycles. The first-order chi connectivity index (χ1) is 11.1. The van der Waals surface area contributed by atoms with E-state index in [9.17, 15) is 4.79 Å². The molecule has 1 aliphatic rings. The molecular weight excluding hydrogens is 306 g/mol. The molecule has 2 aromatic carbocycles. The Morgan fingerprint density at radius 3 is 2.35 bits per heavy atom. The third kappa shape index (κ3) is 3.02. The van der Waals surface area contributed by atoms with Crippen LogP contribution in [0.4, 0.5) is 16.2 Å². The highest BCUT2D eigenvalue weighted by molar-refractivity contribution is 8.25. The average molecular weight is 327 g/mol. The minimum atomic E-state index is -0.691. The fourth-order valence-corrected chi connectivity index (χ4v) is 4.44.